The molecule has 0 bridgehead atoms. The molecule has 1 heterocycles. The molecule has 0 saturated heterocycles. The molecule has 2 rings (SSSR count). The van der Waals surface area contributed by atoms with E-state index in [1.54, 1.807) is 0 Å². The molecular weight excluding hydrogens is 284 g/mol. The fraction of sp³-hybridized carbons (Fsp3) is 0. The Bertz CT molecular complexity index is 671. The number of halogens is 1. The second-order valence-electron chi connectivity index (χ2n) is 3.85. The lowest BCUT2D eigenvalue weighted by molar-refractivity contribution is 0.0696. The number of benzene rings is 1. The molecule has 0 aliphatic carbocycles. The van der Waals surface area contributed by atoms with E-state index in [1.165, 1.54) is 30.5 Å². The largest absolute Gasteiger partial charge is 0.506 e. The number of carboxylic acid groups (broad SMARTS) is 1. The van der Waals surface area contributed by atoms with Crippen molar-refractivity contribution in [3.8, 4) is 5.75 Å². The smallest absolute Gasteiger partial charge is 0.335 e. The Balaban J connectivity index is 2.19. The van der Waals surface area contributed by atoms with Gasteiger partial charge in [0.25, 0.3) is 5.91 Å². The van der Waals surface area contributed by atoms with Crippen LogP contribution < -0.4 is 5.32 Å². The highest BCUT2D eigenvalue weighted by atomic mass is 35.5. The van der Waals surface area contributed by atoms with Crippen LogP contribution in [0.4, 0.5) is 5.69 Å². The Hall–Kier alpha value is -2.60. The molecule has 0 unspecified atom stereocenters. The van der Waals surface area contributed by atoms with Gasteiger partial charge >= 0.3 is 5.97 Å². The molecule has 0 aliphatic rings. The summed E-state index contributed by atoms with van der Waals surface area (Å²) >= 11 is 5.66. The third-order valence-corrected chi connectivity index (χ3v) is 2.68. The number of nitrogens with one attached hydrogen (secondary N) is 1. The van der Waals surface area contributed by atoms with Gasteiger partial charge in [0.2, 0.25) is 0 Å². The van der Waals surface area contributed by atoms with Crippen molar-refractivity contribution < 1.29 is 19.8 Å². The summed E-state index contributed by atoms with van der Waals surface area (Å²) in [5.74, 6) is -2.05. The van der Waals surface area contributed by atoms with Crippen molar-refractivity contribution in [2.45, 2.75) is 0 Å². The third-order valence-electron chi connectivity index (χ3n) is 2.45. The standard InChI is InChI=1S/C13H9ClN2O4/c14-8-2-4-10(15-6-8)12(18)16-9-3-1-7(13(19)20)5-11(9)17/h1-6,17H,(H,16,18)(H,19,20). The molecule has 20 heavy (non-hydrogen) atoms. The van der Waals surface area contributed by atoms with Gasteiger partial charge < -0.3 is 15.5 Å². The van der Waals surface area contributed by atoms with Gasteiger partial charge in [-0.25, -0.2) is 9.78 Å². The van der Waals surface area contributed by atoms with Crippen molar-refractivity contribution in [1.29, 1.82) is 0 Å². The Kier molecular flexibility index (Phi) is 3.86. The lowest BCUT2D eigenvalue weighted by Crippen LogP contribution is -2.13. The highest BCUT2D eigenvalue weighted by molar-refractivity contribution is 6.30. The quantitative estimate of drug-likeness (QED) is 0.754. The Morgan fingerprint density at radius 2 is 1.95 bits per heavy atom. The van der Waals surface area contributed by atoms with E-state index in [-0.39, 0.29) is 22.7 Å². The maximum absolute atomic E-state index is 11.9. The van der Waals surface area contributed by atoms with Crippen molar-refractivity contribution in [2.24, 2.45) is 0 Å². The number of hydrogen-bond donors (Lipinski definition) is 3. The van der Waals surface area contributed by atoms with Crippen LogP contribution in [0.3, 0.4) is 0 Å². The number of carbonyl (C=O) groups excluding carboxylic acids is 1. The van der Waals surface area contributed by atoms with E-state index in [2.05, 4.69) is 10.3 Å². The van der Waals surface area contributed by atoms with Crippen molar-refractivity contribution >= 4 is 29.2 Å². The van der Waals surface area contributed by atoms with Crippen LogP contribution in [0.15, 0.2) is 36.5 Å². The number of anilines is 1. The Morgan fingerprint density at radius 1 is 1.20 bits per heavy atom. The zero-order valence-electron chi connectivity index (χ0n) is 10.0. The number of carbonyl (C=O) groups is 2. The number of aromatic carboxylic acids is 1. The summed E-state index contributed by atoms with van der Waals surface area (Å²) < 4.78 is 0. The van der Waals surface area contributed by atoms with E-state index in [0.29, 0.717) is 5.02 Å². The van der Waals surface area contributed by atoms with Crippen LogP contribution in [0, 0.1) is 0 Å². The van der Waals surface area contributed by atoms with Gasteiger partial charge in [-0.1, -0.05) is 11.6 Å². The molecule has 7 heteroatoms. The first-order chi connectivity index (χ1) is 9.47. The van der Waals surface area contributed by atoms with Crippen molar-refractivity contribution in [3.05, 3.63) is 52.8 Å². The minimum Gasteiger partial charge on any atom is -0.506 e. The molecule has 2 aromatic rings. The fourth-order valence-electron chi connectivity index (χ4n) is 1.47. The van der Waals surface area contributed by atoms with Gasteiger partial charge in [0, 0.05) is 6.20 Å². The van der Waals surface area contributed by atoms with Gasteiger partial charge in [-0.15, -0.1) is 0 Å². The van der Waals surface area contributed by atoms with E-state index in [0.717, 1.165) is 6.07 Å². The normalized spacial score (nSPS) is 10.1. The monoisotopic (exact) mass is 292 g/mol. The van der Waals surface area contributed by atoms with Crippen molar-refractivity contribution in [1.82, 2.24) is 4.98 Å². The summed E-state index contributed by atoms with van der Waals surface area (Å²) in [6.45, 7) is 0. The van der Waals surface area contributed by atoms with Crippen molar-refractivity contribution in [2.75, 3.05) is 5.32 Å². The molecule has 1 aromatic carbocycles. The number of amides is 1. The second-order valence-corrected chi connectivity index (χ2v) is 4.29. The minimum atomic E-state index is -1.17. The lowest BCUT2D eigenvalue weighted by atomic mass is 10.2. The summed E-state index contributed by atoms with van der Waals surface area (Å²) in [6.07, 6.45) is 1.32. The van der Waals surface area contributed by atoms with Crippen LogP contribution in [0.2, 0.25) is 5.02 Å². The van der Waals surface area contributed by atoms with E-state index < -0.39 is 11.9 Å². The van der Waals surface area contributed by atoms with Crippen molar-refractivity contribution in [3.63, 3.8) is 0 Å². The first-order valence-electron chi connectivity index (χ1n) is 5.46. The second kappa shape index (κ2) is 5.58. The molecule has 102 valence electrons. The van der Waals surface area contributed by atoms with Crippen LogP contribution in [0.25, 0.3) is 0 Å². The number of rotatable bonds is 3. The number of aromatic hydroxyl groups is 1. The Morgan fingerprint density at radius 3 is 2.50 bits per heavy atom. The maximum Gasteiger partial charge on any atom is 0.335 e. The predicted octanol–water partition coefficient (Wildman–Crippen LogP) is 2.39. The summed E-state index contributed by atoms with van der Waals surface area (Å²) in [6, 6.07) is 6.56. The van der Waals surface area contributed by atoms with E-state index >= 15 is 0 Å². The van der Waals surface area contributed by atoms with Crippen LogP contribution in [0.1, 0.15) is 20.8 Å². The van der Waals surface area contributed by atoms with Gasteiger partial charge in [-0.2, -0.15) is 0 Å². The van der Waals surface area contributed by atoms with Crippen LogP contribution in [-0.4, -0.2) is 27.1 Å². The summed E-state index contributed by atoms with van der Waals surface area (Å²) in [7, 11) is 0. The molecule has 1 aromatic heterocycles. The summed E-state index contributed by atoms with van der Waals surface area (Å²) in [5, 5.41) is 21.2. The molecule has 0 atom stereocenters. The average molecular weight is 293 g/mol. The number of nitrogens with zero attached hydrogens (tertiary/aromatic N) is 1. The molecule has 0 saturated carbocycles. The van der Waals surface area contributed by atoms with Crippen LogP contribution in [0.5, 0.6) is 5.75 Å². The number of phenolic OH excluding ortho intramolecular Hbond substituents is 1. The van der Waals surface area contributed by atoms with Crippen LogP contribution >= 0.6 is 11.6 Å². The number of hydrogen-bond acceptors (Lipinski definition) is 4. The molecule has 0 radical (unpaired) electrons. The fourth-order valence-corrected chi connectivity index (χ4v) is 1.58. The van der Waals surface area contributed by atoms with Gasteiger partial charge in [-0.3, -0.25) is 4.79 Å². The van der Waals surface area contributed by atoms with E-state index in [9.17, 15) is 14.7 Å². The number of phenols is 1. The molecule has 0 spiro atoms. The van der Waals surface area contributed by atoms with E-state index in [4.69, 9.17) is 16.7 Å². The molecule has 1 amide bonds. The molecule has 0 fully saturated rings. The minimum absolute atomic E-state index is 0.0786. The lowest BCUT2D eigenvalue weighted by Gasteiger charge is -2.07. The van der Waals surface area contributed by atoms with E-state index in [1.807, 2.05) is 0 Å². The third kappa shape index (κ3) is 3.04. The number of carboxylic acids is 1. The maximum atomic E-state index is 11.9. The Labute approximate surface area is 118 Å². The molecule has 6 nitrogen and oxygen atoms in total. The number of aromatic nitrogens is 1. The number of pyridine rings is 1. The van der Waals surface area contributed by atoms with Gasteiger partial charge in [0.1, 0.15) is 11.4 Å². The summed E-state index contributed by atoms with van der Waals surface area (Å²) in [4.78, 5) is 26.4. The van der Waals surface area contributed by atoms with Gasteiger partial charge in [-0.05, 0) is 30.3 Å². The molecular formula is C13H9ClN2O4. The van der Waals surface area contributed by atoms with Crippen LogP contribution in [-0.2, 0) is 0 Å². The van der Waals surface area contributed by atoms with Gasteiger partial charge in [0.05, 0.1) is 16.3 Å². The first kappa shape index (κ1) is 13.8. The zero-order valence-corrected chi connectivity index (χ0v) is 10.8. The highest BCUT2D eigenvalue weighted by Gasteiger charge is 2.12. The highest BCUT2D eigenvalue weighted by Crippen LogP contribution is 2.24. The summed E-state index contributed by atoms with van der Waals surface area (Å²) in [5.41, 5.74) is 0.137. The van der Waals surface area contributed by atoms with Gasteiger partial charge in [0.15, 0.2) is 0 Å². The molecule has 0 aliphatic heterocycles. The first-order valence-corrected chi connectivity index (χ1v) is 5.84. The zero-order chi connectivity index (χ0) is 14.7. The molecule has 3 N–H and O–H groups in total. The topological polar surface area (TPSA) is 99.5 Å². The SMILES string of the molecule is O=C(O)c1ccc(NC(=O)c2ccc(Cl)cn2)c(O)c1. The predicted molar refractivity (Wildman–Crippen MR) is 72.3 cm³/mol. The average Bonchev–Trinajstić information content (AvgIpc) is 2.41.